The molecule has 0 bridgehead atoms. The van der Waals surface area contributed by atoms with Crippen molar-refractivity contribution >= 4 is 29.9 Å². The summed E-state index contributed by atoms with van der Waals surface area (Å²) in [6.07, 6.45) is 1.62. The Morgan fingerprint density at radius 1 is 1.06 bits per heavy atom. The van der Waals surface area contributed by atoms with Gasteiger partial charge in [-0.2, -0.15) is 0 Å². The number of hydrogen-bond acceptors (Lipinski definition) is 3. The fourth-order valence-electron chi connectivity index (χ4n) is 3.10. The number of ether oxygens (including phenoxy) is 1. The lowest BCUT2D eigenvalue weighted by molar-refractivity contribution is 0.223. The van der Waals surface area contributed by atoms with E-state index in [1.54, 1.807) is 35.0 Å². The molecule has 0 radical (unpaired) electrons. The zero-order valence-electron chi connectivity index (χ0n) is 18.8. The SMILES string of the molecule is CCNC(=NCc1ccc(Cn2ccccc2=O)cc1)NCC(C)Oc1cccc(F)c1.I. The Morgan fingerprint density at radius 2 is 1.82 bits per heavy atom. The molecule has 3 aromatic rings. The third kappa shape index (κ3) is 8.88. The lowest BCUT2D eigenvalue weighted by Gasteiger charge is -2.17. The van der Waals surface area contributed by atoms with Crippen molar-refractivity contribution in [1.29, 1.82) is 0 Å². The highest BCUT2D eigenvalue weighted by atomic mass is 127. The Labute approximate surface area is 210 Å². The summed E-state index contributed by atoms with van der Waals surface area (Å²) in [5.74, 6) is 0.862. The smallest absolute Gasteiger partial charge is 0.250 e. The number of benzene rings is 2. The molecule has 0 saturated heterocycles. The second kappa shape index (κ2) is 13.6. The second-order valence-corrected chi connectivity index (χ2v) is 7.45. The van der Waals surface area contributed by atoms with E-state index in [1.165, 1.54) is 12.1 Å². The molecule has 2 N–H and O–H groups in total. The van der Waals surface area contributed by atoms with E-state index in [2.05, 4.69) is 15.6 Å². The van der Waals surface area contributed by atoms with E-state index in [0.29, 0.717) is 31.3 Å². The Morgan fingerprint density at radius 3 is 2.52 bits per heavy atom. The predicted molar refractivity (Wildman–Crippen MR) is 141 cm³/mol. The first-order valence-corrected chi connectivity index (χ1v) is 10.7. The zero-order valence-corrected chi connectivity index (χ0v) is 21.2. The number of nitrogens with one attached hydrogen (secondary N) is 2. The van der Waals surface area contributed by atoms with E-state index in [0.717, 1.165) is 17.7 Å². The second-order valence-electron chi connectivity index (χ2n) is 7.45. The van der Waals surface area contributed by atoms with Crippen LogP contribution in [0.5, 0.6) is 5.75 Å². The molecule has 3 rings (SSSR count). The third-order valence-electron chi connectivity index (χ3n) is 4.73. The molecule has 0 aliphatic carbocycles. The van der Waals surface area contributed by atoms with Gasteiger partial charge in [0, 0.05) is 24.9 Å². The van der Waals surface area contributed by atoms with Crippen molar-refractivity contribution < 1.29 is 9.13 Å². The standard InChI is InChI=1S/C25H29FN4O2.HI/c1-3-27-25(28-16-19(2)32-23-8-6-7-22(26)15-23)29-17-20-10-12-21(13-11-20)18-30-14-5-4-9-24(30)31;/h4-15,19H,3,16-18H2,1-2H3,(H2,27,28,29);1H. The van der Waals surface area contributed by atoms with Crippen LogP contribution in [0.15, 0.2) is 82.7 Å². The lowest BCUT2D eigenvalue weighted by Crippen LogP contribution is -2.41. The highest BCUT2D eigenvalue weighted by Gasteiger charge is 2.07. The molecule has 8 heteroatoms. The molecule has 0 saturated carbocycles. The summed E-state index contributed by atoms with van der Waals surface area (Å²) in [5.41, 5.74) is 2.10. The van der Waals surface area contributed by atoms with Gasteiger partial charge in [0.05, 0.1) is 19.6 Å². The molecule has 1 heterocycles. The highest BCUT2D eigenvalue weighted by molar-refractivity contribution is 14.0. The van der Waals surface area contributed by atoms with E-state index < -0.39 is 0 Å². The molecular formula is C25H30FIN4O2. The van der Waals surface area contributed by atoms with Crippen LogP contribution >= 0.6 is 24.0 Å². The molecule has 2 aromatic carbocycles. The minimum atomic E-state index is -0.320. The first-order chi connectivity index (χ1) is 15.5. The number of nitrogens with zero attached hydrogens (tertiary/aromatic N) is 2. The number of aliphatic imine (C=N–C) groups is 1. The van der Waals surface area contributed by atoms with E-state index >= 15 is 0 Å². The molecule has 0 amide bonds. The van der Waals surface area contributed by atoms with Crippen LogP contribution in [0.25, 0.3) is 0 Å². The van der Waals surface area contributed by atoms with Crippen molar-refractivity contribution in [3.8, 4) is 5.75 Å². The summed E-state index contributed by atoms with van der Waals surface area (Å²) in [4.78, 5) is 16.5. The fourth-order valence-corrected chi connectivity index (χ4v) is 3.10. The van der Waals surface area contributed by atoms with Crippen molar-refractivity contribution in [3.05, 3.63) is 100 Å². The van der Waals surface area contributed by atoms with Crippen molar-refractivity contribution in [3.63, 3.8) is 0 Å². The third-order valence-corrected chi connectivity index (χ3v) is 4.73. The van der Waals surface area contributed by atoms with Crippen LogP contribution in [0.3, 0.4) is 0 Å². The summed E-state index contributed by atoms with van der Waals surface area (Å²) in [5, 5.41) is 6.47. The quantitative estimate of drug-likeness (QED) is 0.233. The molecule has 0 aliphatic heterocycles. The van der Waals surface area contributed by atoms with E-state index in [1.807, 2.05) is 44.2 Å². The average Bonchev–Trinajstić information content (AvgIpc) is 2.78. The molecule has 1 atom stereocenters. The summed E-state index contributed by atoms with van der Waals surface area (Å²) in [6.45, 7) is 6.22. The van der Waals surface area contributed by atoms with Gasteiger partial charge in [-0.1, -0.05) is 36.4 Å². The normalized spacial score (nSPS) is 11.9. The fraction of sp³-hybridized carbons (Fsp3) is 0.280. The molecule has 0 fully saturated rings. The predicted octanol–water partition coefficient (Wildman–Crippen LogP) is 4.18. The van der Waals surface area contributed by atoms with Crippen LogP contribution in [-0.4, -0.2) is 29.7 Å². The average molecular weight is 564 g/mol. The monoisotopic (exact) mass is 564 g/mol. The largest absolute Gasteiger partial charge is 0.489 e. The van der Waals surface area contributed by atoms with Gasteiger partial charge in [0.15, 0.2) is 5.96 Å². The van der Waals surface area contributed by atoms with Gasteiger partial charge in [-0.3, -0.25) is 4.79 Å². The first kappa shape index (κ1) is 26.4. The zero-order chi connectivity index (χ0) is 22.8. The van der Waals surface area contributed by atoms with Gasteiger partial charge in [0.1, 0.15) is 17.7 Å². The number of halogens is 2. The van der Waals surface area contributed by atoms with Gasteiger partial charge in [0.25, 0.3) is 5.56 Å². The highest BCUT2D eigenvalue weighted by Crippen LogP contribution is 2.13. The minimum absolute atomic E-state index is 0. The summed E-state index contributed by atoms with van der Waals surface area (Å²) in [7, 11) is 0. The minimum Gasteiger partial charge on any atom is -0.489 e. The molecule has 1 aromatic heterocycles. The molecule has 0 aliphatic rings. The van der Waals surface area contributed by atoms with Crippen molar-refractivity contribution in [2.45, 2.75) is 33.0 Å². The summed E-state index contributed by atoms with van der Waals surface area (Å²) in [6, 6.07) is 19.3. The molecule has 0 spiro atoms. The number of aromatic nitrogens is 1. The first-order valence-electron chi connectivity index (χ1n) is 10.7. The van der Waals surface area contributed by atoms with Crippen molar-refractivity contribution in [2.24, 2.45) is 4.99 Å². The van der Waals surface area contributed by atoms with Crippen LogP contribution in [0, 0.1) is 5.82 Å². The van der Waals surface area contributed by atoms with Gasteiger partial charge in [0.2, 0.25) is 0 Å². The number of rotatable bonds is 9. The van der Waals surface area contributed by atoms with E-state index in [4.69, 9.17) is 4.74 Å². The number of guanidine groups is 1. The van der Waals surface area contributed by atoms with E-state index in [-0.39, 0.29) is 41.5 Å². The Kier molecular flexibility index (Phi) is 10.9. The van der Waals surface area contributed by atoms with E-state index in [9.17, 15) is 9.18 Å². The molecule has 1 unspecified atom stereocenters. The van der Waals surface area contributed by atoms with Gasteiger partial charge in [-0.25, -0.2) is 9.38 Å². The number of hydrogen-bond donors (Lipinski definition) is 2. The number of pyridine rings is 1. The topological polar surface area (TPSA) is 67.7 Å². The van der Waals surface area contributed by atoms with Crippen molar-refractivity contribution in [1.82, 2.24) is 15.2 Å². The van der Waals surface area contributed by atoms with Crippen LogP contribution in [-0.2, 0) is 13.1 Å². The summed E-state index contributed by atoms with van der Waals surface area (Å²) < 4.78 is 20.7. The van der Waals surface area contributed by atoms with Crippen LogP contribution < -0.4 is 20.9 Å². The Bertz CT molecular complexity index is 1090. The van der Waals surface area contributed by atoms with Gasteiger partial charge in [-0.15, -0.1) is 24.0 Å². The maximum Gasteiger partial charge on any atom is 0.250 e. The summed E-state index contributed by atoms with van der Waals surface area (Å²) >= 11 is 0. The molecule has 33 heavy (non-hydrogen) atoms. The molecule has 176 valence electrons. The van der Waals surface area contributed by atoms with Crippen LogP contribution in [0.1, 0.15) is 25.0 Å². The maximum absolute atomic E-state index is 13.3. The van der Waals surface area contributed by atoms with Crippen molar-refractivity contribution in [2.75, 3.05) is 13.1 Å². The van der Waals surface area contributed by atoms with Gasteiger partial charge >= 0.3 is 0 Å². The Balaban J connectivity index is 0.00000385. The maximum atomic E-state index is 13.3. The van der Waals surface area contributed by atoms with Crippen LogP contribution in [0.2, 0.25) is 0 Å². The van der Waals surface area contributed by atoms with Gasteiger partial charge in [-0.05, 0) is 43.2 Å². The molecular weight excluding hydrogens is 534 g/mol. The Hall–Kier alpha value is -2.88. The molecule has 6 nitrogen and oxygen atoms in total. The van der Waals surface area contributed by atoms with Crippen LogP contribution in [0.4, 0.5) is 4.39 Å². The van der Waals surface area contributed by atoms with Gasteiger partial charge < -0.3 is 19.9 Å². The lowest BCUT2D eigenvalue weighted by atomic mass is 10.1.